The van der Waals surface area contributed by atoms with Crippen LogP contribution in [0.4, 0.5) is 5.13 Å². The number of hydrogen-bond acceptors (Lipinski definition) is 8. The van der Waals surface area contributed by atoms with Crippen molar-refractivity contribution in [2.45, 2.75) is 13.2 Å². The number of para-hydroxylation sites is 2. The Kier molecular flexibility index (Phi) is 5.59. The Balaban J connectivity index is 1.55. The molecule has 130 valence electrons. The van der Waals surface area contributed by atoms with Crippen molar-refractivity contribution in [3.05, 3.63) is 41.2 Å². The molecule has 0 saturated heterocycles. The zero-order valence-electron chi connectivity index (χ0n) is 14.0. The van der Waals surface area contributed by atoms with Crippen LogP contribution in [-0.2, 0) is 22.7 Å². The van der Waals surface area contributed by atoms with Crippen LogP contribution in [0.2, 0.25) is 0 Å². The molecule has 1 N–H and O–H groups in total. The van der Waals surface area contributed by atoms with Crippen molar-refractivity contribution in [3.8, 4) is 0 Å². The number of amides is 1. The van der Waals surface area contributed by atoms with E-state index in [1.807, 2.05) is 36.2 Å². The number of hydrogen-bond donors (Lipinski definition) is 1. The molecule has 0 aliphatic carbocycles. The number of likely N-dealkylation sites (N-methyl/N-ethyl adjacent to an activating group) is 1. The SMILES string of the molecule is COCc1nnc(NC(=O)CN(C)Cc2cnc3ccccc3n2)s1. The van der Waals surface area contributed by atoms with E-state index in [0.29, 0.717) is 18.3 Å². The second kappa shape index (κ2) is 8.06. The molecule has 0 atom stereocenters. The standard InChI is InChI=1S/C16H18N6O2S/c1-22(8-11-7-17-12-5-3-4-6-13(12)18-11)9-14(23)19-16-21-20-15(25-16)10-24-2/h3-7H,8-10H2,1-2H3,(H,19,21,23). The lowest BCUT2D eigenvalue weighted by Gasteiger charge is -2.15. The third kappa shape index (κ3) is 4.75. The van der Waals surface area contributed by atoms with E-state index in [0.717, 1.165) is 21.7 Å². The Hall–Kier alpha value is -2.49. The summed E-state index contributed by atoms with van der Waals surface area (Å²) in [5.41, 5.74) is 2.51. The highest BCUT2D eigenvalue weighted by atomic mass is 32.1. The van der Waals surface area contributed by atoms with Gasteiger partial charge in [-0.15, -0.1) is 10.2 Å². The van der Waals surface area contributed by atoms with E-state index in [1.54, 1.807) is 13.3 Å². The average Bonchev–Trinajstić information content (AvgIpc) is 3.01. The molecule has 1 aromatic carbocycles. The van der Waals surface area contributed by atoms with Gasteiger partial charge in [-0.2, -0.15) is 0 Å². The Morgan fingerprint density at radius 1 is 1.28 bits per heavy atom. The second-order valence-corrected chi connectivity index (χ2v) is 6.57. The van der Waals surface area contributed by atoms with Gasteiger partial charge in [0.15, 0.2) is 0 Å². The molecule has 3 aromatic rings. The highest BCUT2D eigenvalue weighted by Gasteiger charge is 2.11. The van der Waals surface area contributed by atoms with Crippen LogP contribution in [0.15, 0.2) is 30.5 Å². The topological polar surface area (TPSA) is 93.1 Å². The fourth-order valence-corrected chi connectivity index (χ4v) is 3.02. The molecule has 1 amide bonds. The maximum atomic E-state index is 12.1. The molecule has 0 saturated carbocycles. The molecule has 0 aliphatic heterocycles. The van der Waals surface area contributed by atoms with Gasteiger partial charge in [0.2, 0.25) is 11.0 Å². The van der Waals surface area contributed by atoms with Crippen molar-refractivity contribution in [2.24, 2.45) is 0 Å². The first-order valence-electron chi connectivity index (χ1n) is 7.64. The summed E-state index contributed by atoms with van der Waals surface area (Å²) in [5.74, 6) is -0.156. The van der Waals surface area contributed by atoms with Gasteiger partial charge in [-0.05, 0) is 19.2 Å². The van der Waals surface area contributed by atoms with E-state index in [2.05, 4.69) is 25.5 Å². The normalized spacial score (nSPS) is 11.2. The summed E-state index contributed by atoms with van der Waals surface area (Å²) < 4.78 is 4.98. The van der Waals surface area contributed by atoms with E-state index in [9.17, 15) is 4.79 Å². The minimum absolute atomic E-state index is 0.156. The largest absolute Gasteiger partial charge is 0.377 e. The van der Waals surface area contributed by atoms with Crippen molar-refractivity contribution in [2.75, 3.05) is 26.0 Å². The predicted molar refractivity (Wildman–Crippen MR) is 95.1 cm³/mol. The molecule has 0 radical (unpaired) electrons. The number of rotatable bonds is 7. The first-order chi connectivity index (χ1) is 12.1. The number of nitrogens with one attached hydrogen (secondary N) is 1. The molecule has 0 aliphatic rings. The Bertz CT molecular complexity index is 868. The summed E-state index contributed by atoms with van der Waals surface area (Å²) in [6.07, 6.45) is 1.73. The number of aromatic nitrogens is 4. The summed E-state index contributed by atoms with van der Waals surface area (Å²) in [5, 5.41) is 11.8. The molecule has 9 heteroatoms. The van der Waals surface area contributed by atoms with Crippen molar-refractivity contribution in [3.63, 3.8) is 0 Å². The summed E-state index contributed by atoms with van der Waals surface area (Å²) in [6, 6.07) is 7.70. The van der Waals surface area contributed by atoms with Crippen LogP contribution in [-0.4, -0.2) is 51.7 Å². The molecular weight excluding hydrogens is 340 g/mol. The molecular formula is C16H18N6O2S. The molecule has 0 spiro atoms. The maximum absolute atomic E-state index is 12.1. The number of methoxy groups -OCH3 is 1. The van der Waals surface area contributed by atoms with E-state index in [4.69, 9.17) is 4.74 Å². The number of fused-ring (bicyclic) bond motifs is 1. The van der Waals surface area contributed by atoms with E-state index >= 15 is 0 Å². The van der Waals surface area contributed by atoms with Gasteiger partial charge in [0.1, 0.15) is 11.6 Å². The van der Waals surface area contributed by atoms with E-state index in [1.165, 1.54) is 11.3 Å². The van der Waals surface area contributed by atoms with Crippen LogP contribution < -0.4 is 5.32 Å². The lowest BCUT2D eigenvalue weighted by molar-refractivity contribution is -0.117. The Labute approximate surface area is 148 Å². The van der Waals surface area contributed by atoms with E-state index < -0.39 is 0 Å². The first kappa shape index (κ1) is 17.3. The van der Waals surface area contributed by atoms with E-state index in [-0.39, 0.29) is 12.5 Å². The first-order valence-corrected chi connectivity index (χ1v) is 8.46. The molecule has 2 heterocycles. The van der Waals surface area contributed by atoms with Crippen LogP contribution >= 0.6 is 11.3 Å². The third-order valence-corrected chi connectivity index (χ3v) is 4.14. The van der Waals surface area contributed by atoms with Gasteiger partial charge >= 0.3 is 0 Å². The molecule has 25 heavy (non-hydrogen) atoms. The van der Waals surface area contributed by atoms with Gasteiger partial charge in [-0.3, -0.25) is 20.0 Å². The predicted octanol–water partition coefficient (Wildman–Crippen LogP) is 1.70. The number of carbonyl (C=O) groups excluding carboxylic acids is 1. The second-order valence-electron chi connectivity index (χ2n) is 5.50. The minimum Gasteiger partial charge on any atom is -0.377 e. The van der Waals surface area contributed by atoms with Crippen LogP contribution in [0.3, 0.4) is 0 Å². The fraction of sp³-hybridized carbons (Fsp3) is 0.312. The minimum atomic E-state index is -0.156. The third-order valence-electron chi connectivity index (χ3n) is 3.32. The number of nitrogens with zero attached hydrogens (tertiary/aromatic N) is 5. The smallest absolute Gasteiger partial charge is 0.240 e. The van der Waals surface area contributed by atoms with Crippen LogP contribution in [0.25, 0.3) is 11.0 Å². The highest BCUT2D eigenvalue weighted by molar-refractivity contribution is 7.15. The summed E-state index contributed by atoms with van der Waals surface area (Å²) in [6.45, 7) is 1.12. The van der Waals surface area contributed by atoms with Gasteiger partial charge < -0.3 is 4.74 Å². The number of ether oxygens (including phenoxy) is 1. The zero-order chi connectivity index (χ0) is 17.6. The summed E-state index contributed by atoms with van der Waals surface area (Å²) >= 11 is 1.30. The van der Waals surface area contributed by atoms with Crippen molar-refractivity contribution in [1.82, 2.24) is 25.1 Å². The number of carbonyl (C=O) groups is 1. The Morgan fingerprint density at radius 2 is 2.08 bits per heavy atom. The van der Waals surface area contributed by atoms with Crippen molar-refractivity contribution < 1.29 is 9.53 Å². The number of benzene rings is 1. The van der Waals surface area contributed by atoms with Gasteiger partial charge in [0, 0.05) is 13.7 Å². The fourth-order valence-electron chi connectivity index (χ4n) is 2.29. The molecule has 8 nitrogen and oxygen atoms in total. The number of anilines is 1. The van der Waals surface area contributed by atoms with Crippen LogP contribution in [0, 0.1) is 0 Å². The van der Waals surface area contributed by atoms with Gasteiger partial charge in [0.25, 0.3) is 0 Å². The highest BCUT2D eigenvalue weighted by Crippen LogP contribution is 2.15. The van der Waals surface area contributed by atoms with Crippen molar-refractivity contribution >= 4 is 33.4 Å². The lowest BCUT2D eigenvalue weighted by Crippen LogP contribution is -2.30. The van der Waals surface area contributed by atoms with Gasteiger partial charge in [-0.1, -0.05) is 23.5 Å². The van der Waals surface area contributed by atoms with Gasteiger partial charge in [0.05, 0.1) is 29.5 Å². The summed E-state index contributed by atoms with van der Waals surface area (Å²) in [4.78, 5) is 22.9. The maximum Gasteiger partial charge on any atom is 0.240 e. The van der Waals surface area contributed by atoms with Crippen LogP contribution in [0.1, 0.15) is 10.7 Å². The molecule has 0 bridgehead atoms. The van der Waals surface area contributed by atoms with Crippen LogP contribution in [0.5, 0.6) is 0 Å². The lowest BCUT2D eigenvalue weighted by atomic mass is 10.3. The summed E-state index contributed by atoms with van der Waals surface area (Å²) in [7, 11) is 3.44. The average molecular weight is 358 g/mol. The molecule has 0 unspecified atom stereocenters. The van der Waals surface area contributed by atoms with Gasteiger partial charge in [-0.25, -0.2) is 4.98 Å². The monoisotopic (exact) mass is 358 g/mol. The molecule has 3 rings (SSSR count). The quantitative estimate of drug-likeness (QED) is 0.687. The molecule has 2 aromatic heterocycles. The Morgan fingerprint density at radius 3 is 2.88 bits per heavy atom. The molecule has 0 fully saturated rings. The van der Waals surface area contributed by atoms with Crippen molar-refractivity contribution in [1.29, 1.82) is 0 Å². The zero-order valence-corrected chi connectivity index (χ0v) is 14.8.